The van der Waals surface area contributed by atoms with Crippen molar-refractivity contribution in [1.82, 2.24) is 15.1 Å². The standard InChI is InChI=1S/C19H18F5N3O4/c20-13-1-2-15-12(17(13)21)5-10(8-30-15)25-18(28)14-6-16-27(26-14)7-11(31-16)3-4-29-9-19(22,23)24/h1-2,6,10-11H,3-5,7-9H2,(H,25,28). The number of fused-ring (bicyclic) bond motifs is 2. The first-order valence-corrected chi connectivity index (χ1v) is 9.49. The molecule has 0 radical (unpaired) electrons. The topological polar surface area (TPSA) is 74.6 Å². The van der Waals surface area contributed by atoms with E-state index >= 15 is 0 Å². The normalized spacial score (nSPS) is 19.9. The van der Waals surface area contributed by atoms with Gasteiger partial charge in [0.05, 0.1) is 19.2 Å². The van der Waals surface area contributed by atoms with Crippen LogP contribution in [-0.4, -0.2) is 53.8 Å². The van der Waals surface area contributed by atoms with Gasteiger partial charge in [0.15, 0.2) is 17.3 Å². The zero-order valence-corrected chi connectivity index (χ0v) is 16.0. The lowest BCUT2D eigenvalue weighted by Gasteiger charge is -2.26. The average Bonchev–Trinajstić information content (AvgIpc) is 3.27. The molecule has 1 aromatic carbocycles. The third-order valence-corrected chi connectivity index (χ3v) is 4.87. The van der Waals surface area contributed by atoms with Gasteiger partial charge < -0.3 is 19.5 Å². The van der Waals surface area contributed by atoms with Crippen LogP contribution in [0.25, 0.3) is 0 Å². The molecule has 0 saturated heterocycles. The number of benzene rings is 1. The van der Waals surface area contributed by atoms with E-state index in [4.69, 9.17) is 9.47 Å². The molecule has 0 bridgehead atoms. The van der Waals surface area contributed by atoms with Crippen LogP contribution < -0.4 is 14.8 Å². The van der Waals surface area contributed by atoms with Crippen LogP contribution in [0.5, 0.6) is 11.6 Å². The molecule has 2 aromatic rings. The Labute approximate surface area is 173 Å². The number of ether oxygens (including phenoxy) is 3. The summed E-state index contributed by atoms with van der Waals surface area (Å²) in [6, 6.07) is 3.15. The summed E-state index contributed by atoms with van der Waals surface area (Å²) in [5, 5.41) is 6.80. The van der Waals surface area contributed by atoms with E-state index in [1.54, 1.807) is 0 Å². The van der Waals surface area contributed by atoms with Crippen LogP contribution in [0.1, 0.15) is 22.5 Å². The SMILES string of the molecule is O=C(NC1COc2ccc(F)c(F)c2C1)c1cc2n(n1)CC(CCOCC(F)(F)F)O2. The summed E-state index contributed by atoms with van der Waals surface area (Å²) in [5.74, 6) is -1.98. The number of carbonyl (C=O) groups is 1. The first-order valence-electron chi connectivity index (χ1n) is 9.49. The second kappa shape index (κ2) is 8.33. The zero-order valence-electron chi connectivity index (χ0n) is 16.0. The number of amides is 1. The molecule has 0 saturated carbocycles. The average molecular weight is 447 g/mol. The minimum absolute atomic E-state index is 0.0581. The Morgan fingerprint density at radius 3 is 2.87 bits per heavy atom. The van der Waals surface area contributed by atoms with Crippen molar-refractivity contribution in [3.05, 3.63) is 41.1 Å². The van der Waals surface area contributed by atoms with Crippen molar-refractivity contribution in [2.75, 3.05) is 19.8 Å². The number of aromatic nitrogens is 2. The van der Waals surface area contributed by atoms with E-state index < -0.39 is 42.5 Å². The maximum absolute atomic E-state index is 14.0. The number of alkyl halides is 3. The first kappa shape index (κ1) is 21.3. The molecule has 31 heavy (non-hydrogen) atoms. The number of nitrogens with one attached hydrogen (secondary N) is 1. The van der Waals surface area contributed by atoms with Crippen LogP contribution in [0.3, 0.4) is 0 Å². The Bertz CT molecular complexity index is 955. The molecule has 12 heteroatoms. The maximum Gasteiger partial charge on any atom is 0.411 e. The highest BCUT2D eigenvalue weighted by Crippen LogP contribution is 2.29. The lowest BCUT2D eigenvalue weighted by molar-refractivity contribution is -0.174. The molecule has 7 nitrogen and oxygen atoms in total. The fraction of sp³-hybridized carbons (Fsp3) is 0.474. The Morgan fingerprint density at radius 2 is 2.13 bits per heavy atom. The molecule has 168 valence electrons. The minimum atomic E-state index is -4.38. The Morgan fingerprint density at radius 1 is 1.32 bits per heavy atom. The van der Waals surface area contributed by atoms with Crippen LogP contribution >= 0.6 is 0 Å². The van der Waals surface area contributed by atoms with Crippen LogP contribution in [0.15, 0.2) is 18.2 Å². The van der Waals surface area contributed by atoms with Gasteiger partial charge in [0.1, 0.15) is 25.1 Å². The summed E-state index contributed by atoms with van der Waals surface area (Å²) in [5.41, 5.74) is 0.120. The molecule has 1 aromatic heterocycles. The van der Waals surface area contributed by atoms with E-state index in [0.29, 0.717) is 5.88 Å². The molecule has 2 aliphatic rings. The summed E-state index contributed by atoms with van der Waals surface area (Å²) in [6.07, 6.45) is -4.48. The summed E-state index contributed by atoms with van der Waals surface area (Å²) in [4.78, 5) is 12.5. The second-order valence-electron chi connectivity index (χ2n) is 7.27. The molecule has 4 rings (SSSR count). The number of rotatable bonds is 6. The van der Waals surface area contributed by atoms with Crippen LogP contribution in [0.2, 0.25) is 0 Å². The molecular formula is C19H18F5N3O4. The van der Waals surface area contributed by atoms with E-state index in [9.17, 15) is 26.7 Å². The van der Waals surface area contributed by atoms with Crippen molar-refractivity contribution in [2.45, 2.75) is 37.7 Å². The monoisotopic (exact) mass is 447 g/mol. The number of nitrogens with zero attached hydrogens (tertiary/aromatic N) is 2. The zero-order chi connectivity index (χ0) is 22.2. The summed E-state index contributed by atoms with van der Waals surface area (Å²) in [6.45, 7) is -1.08. The fourth-order valence-corrected chi connectivity index (χ4v) is 3.44. The Hall–Kier alpha value is -2.89. The highest BCUT2D eigenvalue weighted by molar-refractivity contribution is 5.92. The molecule has 3 heterocycles. The molecule has 1 amide bonds. The van der Waals surface area contributed by atoms with Gasteiger partial charge in [-0.15, -0.1) is 0 Å². The molecule has 1 N–H and O–H groups in total. The van der Waals surface area contributed by atoms with Crippen LogP contribution in [-0.2, 0) is 17.7 Å². The predicted octanol–water partition coefficient (Wildman–Crippen LogP) is 2.62. The number of hydrogen-bond donors (Lipinski definition) is 1. The van der Waals surface area contributed by atoms with Crippen molar-refractivity contribution in [1.29, 1.82) is 0 Å². The van der Waals surface area contributed by atoms with Crippen molar-refractivity contribution in [3.63, 3.8) is 0 Å². The van der Waals surface area contributed by atoms with Crippen molar-refractivity contribution < 1.29 is 41.0 Å². The van der Waals surface area contributed by atoms with Crippen molar-refractivity contribution >= 4 is 5.91 Å². The van der Waals surface area contributed by atoms with Gasteiger partial charge in [0.2, 0.25) is 5.88 Å². The largest absolute Gasteiger partial charge is 0.491 e. The molecular weight excluding hydrogens is 429 g/mol. The minimum Gasteiger partial charge on any atom is -0.491 e. The molecule has 2 aliphatic heterocycles. The highest BCUT2D eigenvalue weighted by Gasteiger charge is 2.31. The second-order valence-corrected chi connectivity index (χ2v) is 7.27. The van der Waals surface area contributed by atoms with Crippen LogP contribution in [0.4, 0.5) is 22.0 Å². The first-order chi connectivity index (χ1) is 14.7. The smallest absolute Gasteiger partial charge is 0.411 e. The van der Waals surface area contributed by atoms with Gasteiger partial charge in [-0.2, -0.15) is 18.3 Å². The van der Waals surface area contributed by atoms with Gasteiger partial charge in [-0.25, -0.2) is 13.5 Å². The lowest BCUT2D eigenvalue weighted by atomic mass is 10.0. The van der Waals surface area contributed by atoms with Crippen molar-refractivity contribution in [2.24, 2.45) is 0 Å². The lowest BCUT2D eigenvalue weighted by Crippen LogP contribution is -2.43. The van der Waals surface area contributed by atoms with Crippen LogP contribution in [0, 0.1) is 11.6 Å². The molecule has 0 aliphatic carbocycles. The molecule has 2 atom stereocenters. The van der Waals surface area contributed by atoms with E-state index in [1.165, 1.54) is 16.8 Å². The summed E-state index contributed by atoms with van der Waals surface area (Å²) in [7, 11) is 0. The Kier molecular flexibility index (Phi) is 5.73. The third kappa shape index (κ3) is 4.89. The Balaban J connectivity index is 1.29. The van der Waals surface area contributed by atoms with Gasteiger partial charge in [-0.3, -0.25) is 4.79 Å². The van der Waals surface area contributed by atoms with E-state index in [0.717, 1.165) is 6.07 Å². The fourth-order valence-electron chi connectivity index (χ4n) is 3.44. The molecule has 2 unspecified atom stereocenters. The van der Waals surface area contributed by atoms with Gasteiger partial charge in [-0.05, 0) is 12.1 Å². The van der Waals surface area contributed by atoms with E-state index in [-0.39, 0.29) is 49.6 Å². The highest BCUT2D eigenvalue weighted by atomic mass is 19.4. The summed E-state index contributed by atoms with van der Waals surface area (Å²) < 4.78 is 80.6. The van der Waals surface area contributed by atoms with E-state index in [2.05, 4.69) is 15.2 Å². The van der Waals surface area contributed by atoms with Gasteiger partial charge >= 0.3 is 6.18 Å². The van der Waals surface area contributed by atoms with Gasteiger partial charge in [-0.1, -0.05) is 0 Å². The quantitative estimate of drug-likeness (QED) is 0.545. The summed E-state index contributed by atoms with van der Waals surface area (Å²) >= 11 is 0. The predicted molar refractivity (Wildman–Crippen MR) is 94.9 cm³/mol. The molecule has 0 fully saturated rings. The maximum atomic E-state index is 14.0. The van der Waals surface area contributed by atoms with Gasteiger partial charge in [0.25, 0.3) is 5.91 Å². The van der Waals surface area contributed by atoms with E-state index in [1.807, 2.05) is 0 Å². The number of hydrogen-bond acceptors (Lipinski definition) is 5. The molecule has 0 spiro atoms. The number of carbonyl (C=O) groups excluding carboxylic acids is 1. The van der Waals surface area contributed by atoms with Gasteiger partial charge in [0, 0.05) is 24.5 Å². The third-order valence-electron chi connectivity index (χ3n) is 4.87. The number of halogens is 5. The van der Waals surface area contributed by atoms with Crippen molar-refractivity contribution in [3.8, 4) is 11.6 Å².